The minimum Gasteiger partial charge on any atom is -0.467 e. The lowest BCUT2D eigenvalue weighted by Gasteiger charge is -2.30. The maximum Gasteiger partial charge on any atom is 0.334 e. The summed E-state index contributed by atoms with van der Waals surface area (Å²) in [6.07, 6.45) is 1.78. The van der Waals surface area contributed by atoms with Crippen LogP contribution in [0.25, 0.3) is 11.4 Å². The molecule has 0 fully saturated rings. The predicted octanol–water partition coefficient (Wildman–Crippen LogP) is 4.22. The Morgan fingerprint density at radius 1 is 1.07 bits per heavy atom. The standard InChI is InChI=1S/C21H30N4O4/c1-20(2,3)15-10-14(18-24-19(23-12-22)29-25-18)11-16(21(4,5)6)17(15)28-13-27-9-8-26-7/h10-11H,8-9,13H2,1-7H3,(H,23,24,25). The molecule has 0 radical (unpaired) electrons. The molecule has 0 amide bonds. The molecular formula is C21H30N4O4. The molecule has 158 valence electrons. The van der Waals surface area contributed by atoms with Crippen molar-refractivity contribution in [3.63, 3.8) is 0 Å². The van der Waals surface area contributed by atoms with Gasteiger partial charge in [0.1, 0.15) is 5.75 Å². The first-order valence-corrected chi connectivity index (χ1v) is 9.45. The van der Waals surface area contributed by atoms with Crippen molar-refractivity contribution < 1.29 is 18.7 Å². The number of hydrogen-bond acceptors (Lipinski definition) is 8. The summed E-state index contributed by atoms with van der Waals surface area (Å²) in [7, 11) is 1.63. The zero-order valence-electron chi connectivity index (χ0n) is 18.3. The minimum atomic E-state index is -0.199. The maximum absolute atomic E-state index is 8.75. The highest BCUT2D eigenvalue weighted by Gasteiger charge is 2.29. The van der Waals surface area contributed by atoms with Gasteiger partial charge in [-0.2, -0.15) is 10.2 Å². The van der Waals surface area contributed by atoms with E-state index >= 15 is 0 Å². The van der Waals surface area contributed by atoms with Crippen LogP contribution in [0.5, 0.6) is 5.75 Å². The van der Waals surface area contributed by atoms with Crippen LogP contribution >= 0.6 is 0 Å². The molecule has 8 heteroatoms. The van der Waals surface area contributed by atoms with Crippen LogP contribution in [-0.2, 0) is 20.3 Å². The van der Waals surface area contributed by atoms with Crippen molar-refractivity contribution in [1.82, 2.24) is 10.1 Å². The predicted molar refractivity (Wildman–Crippen MR) is 110 cm³/mol. The van der Waals surface area contributed by atoms with Crippen molar-refractivity contribution in [2.45, 2.75) is 52.4 Å². The van der Waals surface area contributed by atoms with Gasteiger partial charge in [0.05, 0.1) is 13.2 Å². The topological polar surface area (TPSA) is 102 Å². The van der Waals surface area contributed by atoms with Gasteiger partial charge in [0.25, 0.3) is 0 Å². The number of rotatable bonds is 8. The molecule has 0 aliphatic rings. The molecule has 0 saturated heterocycles. The molecule has 8 nitrogen and oxygen atoms in total. The number of aromatic nitrogens is 2. The van der Waals surface area contributed by atoms with Gasteiger partial charge in [-0.05, 0) is 23.0 Å². The lowest BCUT2D eigenvalue weighted by atomic mass is 9.78. The van der Waals surface area contributed by atoms with Gasteiger partial charge < -0.3 is 18.7 Å². The first kappa shape index (κ1) is 22.7. The number of anilines is 1. The largest absolute Gasteiger partial charge is 0.467 e. The molecule has 0 atom stereocenters. The fraction of sp³-hybridized carbons (Fsp3) is 0.571. The van der Waals surface area contributed by atoms with E-state index in [1.165, 1.54) is 0 Å². The second-order valence-corrected chi connectivity index (χ2v) is 8.72. The number of nitrogens with zero attached hydrogens (tertiary/aromatic N) is 3. The van der Waals surface area contributed by atoms with E-state index in [4.69, 9.17) is 24.0 Å². The van der Waals surface area contributed by atoms with Crippen LogP contribution < -0.4 is 10.1 Å². The second kappa shape index (κ2) is 9.25. The zero-order chi connectivity index (χ0) is 21.7. The van der Waals surface area contributed by atoms with E-state index in [0.29, 0.717) is 19.0 Å². The molecular weight excluding hydrogens is 372 g/mol. The van der Waals surface area contributed by atoms with Gasteiger partial charge in [-0.1, -0.05) is 46.7 Å². The maximum atomic E-state index is 8.75. The first-order valence-electron chi connectivity index (χ1n) is 9.45. The van der Waals surface area contributed by atoms with E-state index in [1.807, 2.05) is 12.1 Å². The smallest absolute Gasteiger partial charge is 0.334 e. The molecule has 0 aliphatic heterocycles. The Bertz CT molecular complexity index is 822. The fourth-order valence-corrected chi connectivity index (χ4v) is 2.77. The highest BCUT2D eigenvalue weighted by molar-refractivity contribution is 5.64. The summed E-state index contributed by atoms with van der Waals surface area (Å²) in [5.41, 5.74) is 2.41. The molecule has 1 N–H and O–H groups in total. The summed E-state index contributed by atoms with van der Waals surface area (Å²) in [5.74, 6) is 1.20. The van der Waals surface area contributed by atoms with Crippen molar-refractivity contribution in [1.29, 1.82) is 5.26 Å². The fourth-order valence-electron chi connectivity index (χ4n) is 2.77. The number of benzene rings is 1. The quantitative estimate of drug-likeness (QED) is 0.303. The number of ether oxygens (including phenoxy) is 3. The Labute approximate surface area is 172 Å². The summed E-state index contributed by atoms with van der Waals surface area (Å²) in [4.78, 5) is 4.25. The molecule has 0 spiro atoms. The van der Waals surface area contributed by atoms with E-state index in [-0.39, 0.29) is 23.6 Å². The Balaban J connectivity index is 2.52. The van der Waals surface area contributed by atoms with Crippen LogP contribution in [0.2, 0.25) is 0 Å². The van der Waals surface area contributed by atoms with E-state index in [1.54, 1.807) is 13.3 Å². The molecule has 2 aromatic rings. The Morgan fingerprint density at radius 3 is 2.21 bits per heavy atom. The van der Waals surface area contributed by atoms with Crippen LogP contribution in [0.4, 0.5) is 6.01 Å². The van der Waals surface area contributed by atoms with Gasteiger partial charge in [-0.15, -0.1) is 0 Å². The van der Waals surface area contributed by atoms with Gasteiger partial charge in [-0.25, -0.2) is 5.32 Å². The van der Waals surface area contributed by atoms with Crippen molar-refractivity contribution in [3.8, 4) is 23.3 Å². The highest BCUT2D eigenvalue weighted by Crippen LogP contribution is 2.42. The van der Waals surface area contributed by atoms with Crippen molar-refractivity contribution in [2.75, 3.05) is 32.4 Å². The summed E-state index contributed by atoms with van der Waals surface area (Å²) >= 11 is 0. The monoisotopic (exact) mass is 402 g/mol. The Morgan fingerprint density at radius 2 is 1.69 bits per heavy atom. The van der Waals surface area contributed by atoms with Gasteiger partial charge >= 0.3 is 6.01 Å². The van der Waals surface area contributed by atoms with Crippen molar-refractivity contribution in [3.05, 3.63) is 23.3 Å². The number of methoxy groups -OCH3 is 1. The summed E-state index contributed by atoms with van der Waals surface area (Å²) in [5, 5.41) is 15.1. The van der Waals surface area contributed by atoms with Gasteiger partial charge in [0.2, 0.25) is 5.82 Å². The van der Waals surface area contributed by atoms with Crippen molar-refractivity contribution in [2.24, 2.45) is 0 Å². The van der Waals surface area contributed by atoms with E-state index in [2.05, 4.69) is 57.0 Å². The van der Waals surface area contributed by atoms with Gasteiger partial charge in [-0.3, -0.25) is 0 Å². The highest BCUT2D eigenvalue weighted by atomic mass is 16.7. The normalized spacial score (nSPS) is 11.9. The molecule has 29 heavy (non-hydrogen) atoms. The molecule has 1 aromatic carbocycles. The number of nitrogens with one attached hydrogen (secondary N) is 1. The third-order valence-electron chi connectivity index (χ3n) is 4.27. The molecule has 0 bridgehead atoms. The molecule has 2 rings (SSSR count). The second-order valence-electron chi connectivity index (χ2n) is 8.72. The molecule has 1 aromatic heterocycles. The summed E-state index contributed by atoms with van der Waals surface area (Å²) in [6.45, 7) is 13.8. The van der Waals surface area contributed by atoms with Crippen LogP contribution in [-0.4, -0.2) is 37.3 Å². The van der Waals surface area contributed by atoms with Gasteiger partial charge in [0, 0.05) is 23.8 Å². The SMILES string of the molecule is COCCOCOc1c(C(C)(C)C)cc(-c2noc(NC#N)n2)cc1C(C)(C)C. The van der Waals surface area contributed by atoms with Crippen LogP contribution in [0.3, 0.4) is 0 Å². The summed E-state index contributed by atoms with van der Waals surface area (Å²) < 4.78 is 21.7. The van der Waals surface area contributed by atoms with E-state index in [9.17, 15) is 0 Å². The average Bonchev–Trinajstić information content (AvgIpc) is 3.08. The van der Waals surface area contributed by atoms with E-state index < -0.39 is 0 Å². The minimum absolute atomic E-state index is 0.0592. The molecule has 0 unspecified atom stereocenters. The van der Waals surface area contributed by atoms with Crippen molar-refractivity contribution >= 4 is 6.01 Å². The van der Waals surface area contributed by atoms with Crippen LogP contribution in [0.15, 0.2) is 16.7 Å². The average molecular weight is 402 g/mol. The molecule has 1 heterocycles. The Hall–Kier alpha value is -2.63. The molecule has 0 aliphatic carbocycles. The third-order valence-corrected chi connectivity index (χ3v) is 4.27. The van der Waals surface area contributed by atoms with Crippen LogP contribution in [0.1, 0.15) is 52.7 Å². The third kappa shape index (κ3) is 5.92. The zero-order valence-corrected chi connectivity index (χ0v) is 18.3. The number of nitriles is 1. The number of hydrogen-bond donors (Lipinski definition) is 1. The van der Waals surface area contributed by atoms with Crippen LogP contribution in [0, 0.1) is 11.5 Å². The van der Waals surface area contributed by atoms with Gasteiger partial charge in [0.15, 0.2) is 13.0 Å². The first-order chi connectivity index (χ1) is 13.6. The van der Waals surface area contributed by atoms with E-state index in [0.717, 1.165) is 22.4 Å². The lowest BCUT2D eigenvalue weighted by Crippen LogP contribution is -2.21. The summed E-state index contributed by atoms with van der Waals surface area (Å²) in [6, 6.07) is 4.06. The Kier molecular flexibility index (Phi) is 7.22. The molecule has 0 saturated carbocycles. The lowest BCUT2D eigenvalue weighted by molar-refractivity contribution is -0.00991.